The maximum atomic E-state index is 13.1. The Balaban J connectivity index is 1.38. The van der Waals surface area contributed by atoms with Gasteiger partial charge in [-0.15, -0.1) is 0 Å². The summed E-state index contributed by atoms with van der Waals surface area (Å²) in [6.07, 6.45) is -1.27. The summed E-state index contributed by atoms with van der Waals surface area (Å²) >= 11 is 0. The molecule has 7 nitrogen and oxygen atoms in total. The molecule has 27 heavy (non-hydrogen) atoms. The van der Waals surface area contributed by atoms with Crippen LogP contribution in [0, 0.1) is 6.92 Å². The van der Waals surface area contributed by atoms with E-state index in [1.807, 2.05) is 24.1 Å². The van der Waals surface area contributed by atoms with Crippen molar-refractivity contribution in [2.24, 2.45) is 10.2 Å². The maximum absolute atomic E-state index is 13.1. The van der Waals surface area contributed by atoms with Gasteiger partial charge >= 0.3 is 6.18 Å². The van der Waals surface area contributed by atoms with E-state index in [-0.39, 0.29) is 5.84 Å². The minimum Gasteiger partial charge on any atom is -0.353 e. The molecule has 0 spiro atoms. The maximum Gasteiger partial charge on any atom is 0.430 e. The number of nitrogens with zero attached hydrogens (tertiary/aromatic N) is 6. The van der Waals surface area contributed by atoms with Crippen LogP contribution in [0.15, 0.2) is 40.7 Å². The third-order valence-electron chi connectivity index (χ3n) is 4.75. The highest BCUT2D eigenvalue weighted by molar-refractivity contribution is 6.05. The molecule has 0 aliphatic carbocycles. The van der Waals surface area contributed by atoms with Crippen molar-refractivity contribution >= 4 is 11.7 Å². The monoisotopic (exact) mass is 379 g/mol. The molecule has 1 fully saturated rings. The van der Waals surface area contributed by atoms with Crippen molar-refractivity contribution in [3.05, 3.63) is 41.7 Å². The first-order chi connectivity index (χ1) is 12.9. The van der Waals surface area contributed by atoms with E-state index in [1.165, 1.54) is 5.56 Å². The molecular formula is C17H20F3N7. The highest BCUT2D eigenvalue weighted by atomic mass is 19.4. The molecule has 10 heteroatoms. The molecule has 1 aromatic heterocycles. The summed E-state index contributed by atoms with van der Waals surface area (Å²) in [5, 5.41) is 8.79. The van der Waals surface area contributed by atoms with Gasteiger partial charge in [0, 0.05) is 44.6 Å². The van der Waals surface area contributed by atoms with Gasteiger partial charge in [0.05, 0.1) is 0 Å². The number of hydrogen-bond acceptors (Lipinski definition) is 7. The lowest BCUT2D eigenvalue weighted by atomic mass is 10.2. The molecule has 4 rings (SSSR count). The Kier molecular flexibility index (Phi) is 4.50. The van der Waals surface area contributed by atoms with E-state index in [0.717, 1.165) is 30.3 Å². The number of halogens is 3. The zero-order chi connectivity index (χ0) is 19.0. The molecule has 3 aliphatic rings. The minimum absolute atomic E-state index is 0.174. The second kappa shape index (κ2) is 6.84. The van der Waals surface area contributed by atoms with Crippen molar-refractivity contribution in [3.8, 4) is 0 Å². The average Bonchev–Trinajstić information content (AvgIpc) is 3.06. The molecular weight excluding hydrogens is 359 g/mol. The van der Waals surface area contributed by atoms with E-state index in [0.29, 0.717) is 18.9 Å². The van der Waals surface area contributed by atoms with Gasteiger partial charge in [-0.2, -0.15) is 23.4 Å². The molecule has 1 aromatic rings. The molecule has 1 unspecified atom stereocenters. The molecule has 0 amide bonds. The summed E-state index contributed by atoms with van der Waals surface area (Å²) in [4.78, 5) is 8.53. The summed E-state index contributed by atoms with van der Waals surface area (Å²) < 4.78 is 39.3. The second-order valence-corrected chi connectivity index (χ2v) is 6.75. The number of amidine groups is 2. The van der Waals surface area contributed by atoms with Crippen LogP contribution in [0.5, 0.6) is 0 Å². The topological polar surface area (TPSA) is 59.4 Å². The van der Waals surface area contributed by atoms with Gasteiger partial charge in [0.15, 0.2) is 5.84 Å². The Morgan fingerprint density at radius 2 is 1.89 bits per heavy atom. The summed E-state index contributed by atoms with van der Waals surface area (Å²) in [5.74, 6) is 0.707. The van der Waals surface area contributed by atoms with Gasteiger partial charge in [-0.25, -0.2) is 5.01 Å². The van der Waals surface area contributed by atoms with Gasteiger partial charge in [0.2, 0.25) is 6.17 Å². The zero-order valence-corrected chi connectivity index (χ0v) is 14.8. The Morgan fingerprint density at radius 3 is 2.59 bits per heavy atom. The van der Waals surface area contributed by atoms with E-state index < -0.39 is 12.3 Å². The fourth-order valence-corrected chi connectivity index (χ4v) is 3.36. The van der Waals surface area contributed by atoms with Gasteiger partial charge in [0.1, 0.15) is 5.84 Å². The number of piperazine rings is 1. The lowest BCUT2D eigenvalue weighted by Crippen LogP contribution is -2.52. The van der Waals surface area contributed by atoms with E-state index in [1.54, 1.807) is 12.2 Å². The lowest BCUT2D eigenvalue weighted by Gasteiger charge is -2.37. The van der Waals surface area contributed by atoms with Crippen LogP contribution in [0.4, 0.5) is 13.2 Å². The molecule has 0 aromatic carbocycles. The van der Waals surface area contributed by atoms with Crippen molar-refractivity contribution < 1.29 is 13.2 Å². The fraction of sp³-hybridized carbons (Fsp3) is 0.471. The van der Waals surface area contributed by atoms with E-state index in [4.69, 9.17) is 0 Å². The summed E-state index contributed by atoms with van der Waals surface area (Å²) in [6, 6.07) is 4.07. The Bertz CT molecular complexity index is 794. The van der Waals surface area contributed by atoms with Crippen LogP contribution in [0.2, 0.25) is 0 Å². The van der Waals surface area contributed by atoms with Crippen molar-refractivity contribution in [2.75, 3.05) is 26.2 Å². The van der Waals surface area contributed by atoms with Gasteiger partial charge in [-0.1, -0.05) is 0 Å². The van der Waals surface area contributed by atoms with Crippen LogP contribution in [0.25, 0.3) is 0 Å². The molecule has 4 heterocycles. The predicted octanol–water partition coefficient (Wildman–Crippen LogP) is 1.50. The van der Waals surface area contributed by atoms with Crippen LogP contribution in [0.3, 0.4) is 0 Å². The number of alkyl halides is 3. The highest BCUT2D eigenvalue weighted by Crippen LogP contribution is 2.28. The van der Waals surface area contributed by atoms with Crippen LogP contribution in [0.1, 0.15) is 11.3 Å². The molecule has 0 bridgehead atoms. The molecule has 1 N–H and O–H groups in total. The molecule has 144 valence electrons. The van der Waals surface area contributed by atoms with Crippen molar-refractivity contribution in [1.82, 2.24) is 25.2 Å². The fourth-order valence-electron chi connectivity index (χ4n) is 3.36. The van der Waals surface area contributed by atoms with Gasteiger partial charge < -0.3 is 4.90 Å². The van der Waals surface area contributed by atoms with Crippen LogP contribution in [-0.4, -0.2) is 70.0 Å². The van der Waals surface area contributed by atoms with E-state index >= 15 is 0 Å². The Hall–Kier alpha value is -2.62. The summed E-state index contributed by atoms with van der Waals surface area (Å²) in [5.41, 5.74) is 4.30. The lowest BCUT2D eigenvalue weighted by molar-refractivity contribution is -0.178. The van der Waals surface area contributed by atoms with Crippen LogP contribution < -0.4 is 5.43 Å². The smallest absolute Gasteiger partial charge is 0.353 e. The van der Waals surface area contributed by atoms with E-state index in [2.05, 4.69) is 31.6 Å². The number of rotatable bonds is 2. The third-order valence-corrected chi connectivity index (χ3v) is 4.75. The number of pyridine rings is 1. The van der Waals surface area contributed by atoms with Crippen LogP contribution >= 0.6 is 0 Å². The van der Waals surface area contributed by atoms with Crippen LogP contribution in [-0.2, 0) is 6.54 Å². The molecule has 1 saturated heterocycles. The normalized spacial score (nSPS) is 23.0. The van der Waals surface area contributed by atoms with Gasteiger partial charge in [0.25, 0.3) is 0 Å². The molecule has 0 radical (unpaired) electrons. The summed E-state index contributed by atoms with van der Waals surface area (Å²) in [7, 11) is 0. The summed E-state index contributed by atoms with van der Waals surface area (Å²) in [6.45, 7) is 5.85. The first-order valence-electron chi connectivity index (χ1n) is 8.75. The van der Waals surface area contributed by atoms with Crippen molar-refractivity contribution in [2.45, 2.75) is 25.8 Å². The van der Waals surface area contributed by atoms with Gasteiger partial charge in [-0.3, -0.25) is 15.3 Å². The molecule has 0 saturated carbocycles. The number of aryl methyl sites for hydroxylation is 1. The second-order valence-electron chi connectivity index (χ2n) is 6.75. The largest absolute Gasteiger partial charge is 0.430 e. The number of aromatic nitrogens is 1. The van der Waals surface area contributed by atoms with Crippen molar-refractivity contribution in [1.29, 1.82) is 0 Å². The first-order valence-corrected chi connectivity index (χ1v) is 8.75. The Labute approximate surface area is 154 Å². The number of nitrogens with one attached hydrogen (secondary N) is 1. The predicted molar refractivity (Wildman–Crippen MR) is 94.7 cm³/mol. The number of fused-ring (bicyclic) bond motifs is 1. The van der Waals surface area contributed by atoms with E-state index in [9.17, 15) is 13.2 Å². The standard InChI is InChI=1S/C17H20F3N7/c1-12-10-13(4-5-21-12)11-25-6-8-26(9-7-25)15-3-2-14-22-23-16(17(18,19)20)27(14)24-15/h2-5,10,16,23H,6-9,11H2,1H3. The van der Waals surface area contributed by atoms with Gasteiger partial charge in [-0.05, 0) is 36.8 Å². The number of hydrogen-bond donors (Lipinski definition) is 1. The minimum atomic E-state index is -4.45. The Morgan fingerprint density at radius 1 is 1.15 bits per heavy atom. The SMILES string of the molecule is Cc1cc(CN2CCN(C3=NN4C(=NNC4C(F)(F)F)C=C3)CC2)ccn1. The zero-order valence-electron chi connectivity index (χ0n) is 14.8. The number of hydrazone groups is 2. The molecule has 1 atom stereocenters. The first kappa shape index (κ1) is 17.8. The third kappa shape index (κ3) is 3.75. The average molecular weight is 379 g/mol. The highest BCUT2D eigenvalue weighted by Gasteiger charge is 2.49. The molecule has 3 aliphatic heterocycles. The quantitative estimate of drug-likeness (QED) is 0.844. The van der Waals surface area contributed by atoms with Crippen molar-refractivity contribution in [3.63, 3.8) is 0 Å².